The van der Waals surface area contributed by atoms with Crippen LogP contribution in [0.25, 0.3) is 0 Å². The Morgan fingerprint density at radius 1 is 1.33 bits per heavy atom. The number of imidazole rings is 1. The van der Waals surface area contributed by atoms with Gasteiger partial charge in [0.2, 0.25) is 0 Å². The van der Waals surface area contributed by atoms with Crippen LogP contribution in [0.3, 0.4) is 0 Å². The van der Waals surface area contributed by atoms with Crippen LogP contribution in [0.4, 0.5) is 11.4 Å². The number of nitro benzene ring substituents is 1. The Bertz CT molecular complexity index is 631. The molecule has 0 aliphatic carbocycles. The van der Waals surface area contributed by atoms with Gasteiger partial charge in [-0.05, 0) is 31.9 Å². The van der Waals surface area contributed by atoms with E-state index in [9.17, 15) is 10.1 Å². The number of aryl methyl sites for hydroxylation is 1. The summed E-state index contributed by atoms with van der Waals surface area (Å²) in [6.45, 7) is 3.71. The van der Waals surface area contributed by atoms with Crippen molar-refractivity contribution in [2.45, 2.75) is 25.8 Å². The molecule has 2 heterocycles. The molecule has 1 aliphatic heterocycles. The maximum atomic E-state index is 10.9. The Morgan fingerprint density at radius 3 is 2.67 bits per heavy atom. The molecule has 1 aromatic carbocycles. The third kappa shape index (κ3) is 2.74. The molecule has 0 saturated carbocycles. The van der Waals surface area contributed by atoms with E-state index < -0.39 is 0 Å². The molecule has 110 valence electrons. The Kier molecular flexibility index (Phi) is 3.60. The van der Waals surface area contributed by atoms with E-state index in [1.165, 1.54) is 0 Å². The molecule has 0 spiro atoms. The van der Waals surface area contributed by atoms with Gasteiger partial charge in [0, 0.05) is 48.8 Å². The summed E-state index contributed by atoms with van der Waals surface area (Å²) in [6, 6.07) is 5.87. The van der Waals surface area contributed by atoms with E-state index in [0.717, 1.165) is 31.6 Å². The highest BCUT2D eigenvalue weighted by molar-refractivity contribution is 5.55. The first-order chi connectivity index (χ1) is 10.1. The van der Waals surface area contributed by atoms with Crippen LogP contribution in [-0.4, -0.2) is 27.6 Å². The zero-order valence-corrected chi connectivity index (χ0v) is 12.0. The number of rotatable bonds is 3. The average molecular weight is 286 g/mol. The molecule has 0 amide bonds. The average Bonchev–Trinajstić information content (AvgIpc) is 3.01. The molecule has 1 aliphatic rings. The SMILES string of the molecule is Cc1cc(N2CCC(n3ccnc3)CC2)ccc1[N+](=O)[O-]. The Hall–Kier alpha value is -2.37. The van der Waals surface area contributed by atoms with E-state index in [-0.39, 0.29) is 10.6 Å². The van der Waals surface area contributed by atoms with E-state index in [4.69, 9.17) is 0 Å². The molecule has 1 aromatic heterocycles. The summed E-state index contributed by atoms with van der Waals surface area (Å²) in [6.07, 6.45) is 7.82. The second kappa shape index (κ2) is 5.55. The van der Waals surface area contributed by atoms with Gasteiger partial charge in [-0.3, -0.25) is 10.1 Å². The monoisotopic (exact) mass is 286 g/mol. The predicted molar refractivity (Wildman–Crippen MR) is 80.5 cm³/mol. The standard InChI is InChI=1S/C15H18N4O2/c1-12-10-14(2-3-15(12)19(20)21)17-7-4-13(5-8-17)18-9-6-16-11-18/h2-3,6,9-11,13H,4-5,7-8H2,1H3. The quantitative estimate of drug-likeness (QED) is 0.643. The minimum absolute atomic E-state index is 0.187. The smallest absolute Gasteiger partial charge is 0.272 e. The van der Waals surface area contributed by atoms with Gasteiger partial charge in [0.15, 0.2) is 0 Å². The Labute approximate surface area is 123 Å². The van der Waals surface area contributed by atoms with Crippen molar-refractivity contribution in [1.82, 2.24) is 9.55 Å². The number of benzene rings is 1. The normalized spacial score (nSPS) is 16.1. The number of nitrogens with zero attached hydrogens (tertiary/aromatic N) is 4. The first-order valence-corrected chi connectivity index (χ1v) is 7.12. The Balaban J connectivity index is 1.69. The van der Waals surface area contributed by atoms with Gasteiger partial charge in [-0.2, -0.15) is 0 Å². The van der Waals surface area contributed by atoms with Gasteiger partial charge in [-0.25, -0.2) is 4.98 Å². The van der Waals surface area contributed by atoms with Gasteiger partial charge in [0.05, 0.1) is 11.3 Å². The summed E-state index contributed by atoms with van der Waals surface area (Å²) in [7, 11) is 0. The number of anilines is 1. The van der Waals surface area contributed by atoms with Crippen LogP contribution in [0.2, 0.25) is 0 Å². The van der Waals surface area contributed by atoms with E-state index in [2.05, 4.69) is 14.5 Å². The lowest BCUT2D eigenvalue weighted by Gasteiger charge is -2.34. The van der Waals surface area contributed by atoms with Crippen LogP contribution < -0.4 is 4.90 Å². The van der Waals surface area contributed by atoms with Crippen LogP contribution in [0.1, 0.15) is 24.4 Å². The van der Waals surface area contributed by atoms with Crippen molar-refractivity contribution >= 4 is 11.4 Å². The number of piperidine rings is 1. The van der Waals surface area contributed by atoms with Crippen molar-refractivity contribution in [3.63, 3.8) is 0 Å². The van der Waals surface area contributed by atoms with Gasteiger partial charge in [-0.1, -0.05) is 0 Å². The lowest BCUT2D eigenvalue weighted by atomic mass is 10.0. The van der Waals surface area contributed by atoms with Gasteiger partial charge < -0.3 is 9.47 Å². The highest BCUT2D eigenvalue weighted by Gasteiger charge is 2.21. The third-order valence-electron chi connectivity index (χ3n) is 4.15. The minimum atomic E-state index is -0.329. The molecule has 1 saturated heterocycles. The Morgan fingerprint density at radius 2 is 2.10 bits per heavy atom. The molecule has 0 unspecified atom stereocenters. The number of aromatic nitrogens is 2. The molecule has 21 heavy (non-hydrogen) atoms. The second-order valence-corrected chi connectivity index (χ2v) is 5.46. The molecule has 2 aromatic rings. The number of hydrogen-bond donors (Lipinski definition) is 0. The van der Waals surface area contributed by atoms with E-state index in [1.807, 2.05) is 30.9 Å². The zero-order chi connectivity index (χ0) is 14.8. The van der Waals surface area contributed by atoms with Crippen molar-refractivity contribution in [2.75, 3.05) is 18.0 Å². The summed E-state index contributed by atoms with van der Waals surface area (Å²) in [5, 5.41) is 10.9. The molecule has 1 fully saturated rings. The third-order valence-corrected chi connectivity index (χ3v) is 4.15. The van der Waals surface area contributed by atoms with Crippen LogP contribution in [0, 0.1) is 17.0 Å². The molecule has 0 N–H and O–H groups in total. The predicted octanol–water partition coefficient (Wildman–Crippen LogP) is 2.94. The van der Waals surface area contributed by atoms with Crippen molar-refractivity contribution in [1.29, 1.82) is 0 Å². The van der Waals surface area contributed by atoms with Crippen LogP contribution in [-0.2, 0) is 0 Å². The fraction of sp³-hybridized carbons (Fsp3) is 0.400. The first kappa shape index (κ1) is 13.6. The highest BCUT2D eigenvalue weighted by Crippen LogP contribution is 2.29. The molecule has 0 atom stereocenters. The summed E-state index contributed by atoms with van der Waals surface area (Å²) < 4.78 is 2.17. The van der Waals surface area contributed by atoms with Gasteiger partial charge >= 0.3 is 0 Å². The summed E-state index contributed by atoms with van der Waals surface area (Å²) >= 11 is 0. The van der Waals surface area contributed by atoms with Crippen LogP contribution in [0.5, 0.6) is 0 Å². The van der Waals surface area contributed by atoms with E-state index in [0.29, 0.717) is 11.6 Å². The summed E-state index contributed by atoms with van der Waals surface area (Å²) in [5.74, 6) is 0. The lowest BCUT2D eigenvalue weighted by Crippen LogP contribution is -2.34. The van der Waals surface area contributed by atoms with Crippen LogP contribution >= 0.6 is 0 Å². The summed E-state index contributed by atoms with van der Waals surface area (Å²) in [4.78, 5) is 16.9. The van der Waals surface area contributed by atoms with Gasteiger partial charge in [0.1, 0.15) is 0 Å². The molecule has 6 heteroatoms. The molecular weight excluding hydrogens is 268 g/mol. The zero-order valence-electron chi connectivity index (χ0n) is 12.0. The molecular formula is C15H18N4O2. The molecule has 6 nitrogen and oxygen atoms in total. The maximum Gasteiger partial charge on any atom is 0.272 e. The minimum Gasteiger partial charge on any atom is -0.371 e. The molecule has 3 rings (SSSR count). The number of hydrogen-bond acceptors (Lipinski definition) is 4. The van der Waals surface area contributed by atoms with Crippen molar-refractivity contribution < 1.29 is 4.92 Å². The largest absolute Gasteiger partial charge is 0.371 e. The van der Waals surface area contributed by atoms with Crippen LogP contribution in [0.15, 0.2) is 36.9 Å². The molecule has 0 bridgehead atoms. The molecule has 0 radical (unpaired) electrons. The fourth-order valence-electron chi connectivity index (χ4n) is 2.95. The fourth-order valence-corrected chi connectivity index (χ4v) is 2.95. The maximum absolute atomic E-state index is 10.9. The van der Waals surface area contributed by atoms with E-state index >= 15 is 0 Å². The first-order valence-electron chi connectivity index (χ1n) is 7.12. The van der Waals surface area contributed by atoms with Gasteiger partial charge in [-0.15, -0.1) is 0 Å². The van der Waals surface area contributed by atoms with Crippen molar-refractivity contribution in [3.8, 4) is 0 Å². The van der Waals surface area contributed by atoms with Gasteiger partial charge in [0.25, 0.3) is 5.69 Å². The highest BCUT2D eigenvalue weighted by atomic mass is 16.6. The van der Waals surface area contributed by atoms with Crippen molar-refractivity contribution in [2.24, 2.45) is 0 Å². The van der Waals surface area contributed by atoms with Crippen molar-refractivity contribution in [3.05, 3.63) is 52.6 Å². The second-order valence-electron chi connectivity index (χ2n) is 5.46. The topological polar surface area (TPSA) is 64.2 Å². The lowest BCUT2D eigenvalue weighted by molar-refractivity contribution is -0.385. The van der Waals surface area contributed by atoms with E-state index in [1.54, 1.807) is 13.0 Å². The number of nitro groups is 1. The summed E-state index contributed by atoms with van der Waals surface area (Å²) in [5.41, 5.74) is 1.98.